The molecule has 0 aromatic carbocycles. The Balaban J connectivity index is 2.57. The fourth-order valence-corrected chi connectivity index (χ4v) is 1.88. The normalized spacial score (nSPS) is 14.9. The van der Waals surface area contributed by atoms with E-state index in [1.54, 1.807) is 26.4 Å². The fourth-order valence-electron chi connectivity index (χ4n) is 1.88. The van der Waals surface area contributed by atoms with Gasteiger partial charge in [0.2, 0.25) is 0 Å². The van der Waals surface area contributed by atoms with Gasteiger partial charge in [-0.3, -0.25) is 15.0 Å². The molecule has 0 unspecified atom stereocenters. The Kier molecular flexibility index (Phi) is 7.79. The highest BCUT2D eigenvalue weighted by Gasteiger charge is 2.11. The molecule has 0 aliphatic heterocycles. The summed E-state index contributed by atoms with van der Waals surface area (Å²) >= 11 is 0. The van der Waals surface area contributed by atoms with Gasteiger partial charge in [0.1, 0.15) is 0 Å². The van der Waals surface area contributed by atoms with Crippen LogP contribution in [0.1, 0.15) is 6.42 Å². The van der Waals surface area contributed by atoms with Crippen LogP contribution < -0.4 is 0 Å². The topological polar surface area (TPSA) is 64.8 Å². The molecular formula is C14H22N2O4. The first-order valence-electron chi connectivity index (χ1n) is 6.59. The molecule has 1 aliphatic carbocycles. The second kappa shape index (κ2) is 9.41. The lowest BCUT2D eigenvalue weighted by molar-refractivity contribution is -0.419. The molecule has 0 saturated carbocycles. The zero-order chi connectivity index (χ0) is 14.8. The molecule has 0 bridgehead atoms. The number of nitrogens with zero attached hydrogens (tertiary/aromatic N) is 2. The number of rotatable bonds is 9. The van der Waals surface area contributed by atoms with E-state index in [-0.39, 0.29) is 10.6 Å². The van der Waals surface area contributed by atoms with Gasteiger partial charge in [-0.2, -0.15) is 0 Å². The first-order valence-corrected chi connectivity index (χ1v) is 6.59. The van der Waals surface area contributed by atoms with Crippen LogP contribution in [-0.2, 0) is 9.47 Å². The summed E-state index contributed by atoms with van der Waals surface area (Å²) in [5.41, 5.74) is 1.22. The van der Waals surface area contributed by atoms with E-state index >= 15 is 0 Å². The van der Waals surface area contributed by atoms with Gasteiger partial charge in [-0.15, -0.1) is 0 Å². The van der Waals surface area contributed by atoms with Gasteiger partial charge in [-0.1, -0.05) is 12.2 Å². The highest BCUT2D eigenvalue weighted by Crippen LogP contribution is 2.12. The lowest BCUT2D eigenvalue weighted by atomic mass is 10.2. The molecule has 0 atom stereocenters. The maximum atomic E-state index is 10.7. The zero-order valence-electron chi connectivity index (χ0n) is 12.1. The molecule has 112 valence electrons. The van der Waals surface area contributed by atoms with Crippen LogP contribution in [0.5, 0.6) is 0 Å². The first kappa shape index (κ1) is 16.6. The zero-order valence-corrected chi connectivity index (χ0v) is 12.1. The molecule has 6 heteroatoms. The average Bonchev–Trinajstić information content (AvgIpc) is 2.67. The molecule has 0 saturated heterocycles. The van der Waals surface area contributed by atoms with E-state index in [2.05, 4.69) is 4.90 Å². The van der Waals surface area contributed by atoms with Gasteiger partial charge in [-0.05, 0) is 18.1 Å². The van der Waals surface area contributed by atoms with Crippen LogP contribution in [-0.4, -0.2) is 56.9 Å². The van der Waals surface area contributed by atoms with Crippen LogP contribution >= 0.6 is 0 Å². The SMILES string of the molecule is COCCN(CCOC)CC1=CCC=C([N+](=O)[O-])C=C1. The second-order valence-corrected chi connectivity index (χ2v) is 4.50. The largest absolute Gasteiger partial charge is 0.383 e. The minimum Gasteiger partial charge on any atom is -0.383 e. The van der Waals surface area contributed by atoms with Crippen LogP contribution in [0.15, 0.2) is 35.6 Å². The standard InChI is InChI=1S/C14H22N2O4/c1-19-10-8-15(9-11-20-2)12-13-4-3-5-14(7-6-13)16(17)18/h4-7H,3,8-12H2,1-2H3. The predicted molar refractivity (Wildman–Crippen MR) is 77.1 cm³/mol. The summed E-state index contributed by atoms with van der Waals surface area (Å²) in [5.74, 6) is 0. The number of hydrogen-bond acceptors (Lipinski definition) is 5. The predicted octanol–water partition coefficient (Wildman–Crippen LogP) is 1.63. The van der Waals surface area contributed by atoms with Crippen LogP contribution in [0.25, 0.3) is 0 Å². The van der Waals surface area contributed by atoms with E-state index < -0.39 is 0 Å². The van der Waals surface area contributed by atoms with E-state index in [1.165, 1.54) is 0 Å². The van der Waals surface area contributed by atoms with Gasteiger partial charge in [0.15, 0.2) is 0 Å². The molecule has 0 radical (unpaired) electrons. The molecule has 6 nitrogen and oxygen atoms in total. The Bertz CT molecular complexity index is 394. The number of allylic oxidation sites excluding steroid dienone is 3. The van der Waals surface area contributed by atoms with Gasteiger partial charge in [0, 0.05) is 39.9 Å². The molecule has 0 aromatic heterocycles. The maximum absolute atomic E-state index is 10.7. The number of hydrogen-bond donors (Lipinski definition) is 0. The number of nitro groups is 1. The van der Waals surface area contributed by atoms with E-state index in [9.17, 15) is 10.1 Å². The summed E-state index contributed by atoms with van der Waals surface area (Å²) in [5, 5.41) is 10.7. The quantitative estimate of drug-likeness (QED) is 0.475. The Morgan fingerprint density at radius 2 is 1.85 bits per heavy atom. The Morgan fingerprint density at radius 1 is 1.20 bits per heavy atom. The molecule has 0 N–H and O–H groups in total. The monoisotopic (exact) mass is 282 g/mol. The van der Waals surface area contributed by atoms with Gasteiger partial charge < -0.3 is 9.47 Å². The third-order valence-electron chi connectivity index (χ3n) is 3.02. The van der Waals surface area contributed by atoms with Crippen LogP contribution in [0.4, 0.5) is 0 Å². The third-order valence-corrected chi connectivity index (χ3v) is 3.02. The molecule has 0 aromatic rings. The van der Waals surface area contributed by atoms with E-state index in [0.29, 0.717) is 19.6 Å². The minimum atomic E-state index is -0.360. The molecule has 1 aliphatic rings. The lowest BCUT2D eigenvalue weighted by Gasteiger charge is -2.22. The van der Waals surface area contributed by atoms with Gasteiger partial charge >= 0.3 is 0 Å². The van der Waals surface area contributed by atoms with Crippen molar-refractivity contribution >= 4 is 0 Å². The molecule has 0 spiro atoms. The summed E-state index contributed by atoms with van der Waals surface area (Å²) in [6.07, 6.45) is 7.59. The maximum Gasteiger partial charge on any atom is 0.265 e. The Morgan fingerprint density at radius 3 is 2.40 bits per heavy atom. The second-order valence-electron chi connectivity index (χ2n) is 4.50. The van der Waals surface area contributed by atoms with E-state index in [1.807, 2.05) is 12.2 Å². The highest BCUT2D eigenvalue weighted by atomic mass is 16.6. The first-order chi connectivity index (χ1) is 9.67. The van der Waals surface area contributed by atoms with Crippen molar-refractivity contribution in [3.8, 4) is 0 Å². The van der Waals surface area contributed by atoms with Gasteiger partial charge in [0.25, 0.3) is 5.70 Å². The van der Waals surface area contributed by atoms with Crippen molar-refractivity contribution in [1.29, 1.82) is 0 Å². The number of methoxy groups -OCH3 is 2. The van der Waals surface area contributed by atoms with Gasteiger partial charge in [0.05, 0.1) is 18.1 Å². The fraction of sp³-hybridized carbons (Fsp3) is 0.571. The van der Waals surface area contributed by atoms with Crippen molar-refractivity contribution < 1.29 is 14.4 Å². The minimum absolute atomic E-state index is 0.150. The van der Waals surface area contributed by atoms with Crippen molar-refractivity contribution in [3.63, 3.8) is 0 Å². The van der Waals surface area contributed by atoms with Crippen molar-refractivity contribution in [2.45, 2.75) is 6.42 Å². The smallest absolute Gasteiger partial charge is 0.265 e. The van der Waals surface area contributed by atoms with Crippen molar-refractivity contribution in [1.82, 2.24) is 4.90 Å². The molecule has 0 fully saturated rings. The van der Waals surface area contributed by atoms with E-state index in [0.717, 1.165) is 25.2 Å². The Labute approximate surface area is 119 Å². The molecular weight excluding hydrogens is 260 g/mol. The lowest BCUT2D eigenvalue weighted by Crippen LogP contribution is -2.32. The van der Waals surface area contributed by atoms with Crippen LogP contribution in [0, 0.1) is 10.1 Å². The summed E-state index contributed by atoms with van der Waals surface area (Å²) in [6, 6.07) is 0. The number of ether oxygens (including phenoxy) is 2. The molecule has 0 amide bonds. The molecule has 0 heterocycles. The Hall–Kier alpha value is -1.50. The molecule has 1 rings (SSSR count). The summed E-state index contributed by atoms with van der Waals surface area (Å²) in [7, 11) is 3.35. The summed E-state index contributed by atoms with van der Waals surface area (Å²) < 4.78 is 10.2. The highest BCUT2D eigenvalue weighted by molar-refractivity contribution is 5.30. The summed E-state index contributed by atoms with van der Waals surface area (Å²) in [4.78, 5) is 12.6. The van der Waals surface area contributed by atoms with E-state index in [4.69, 9.17) is 9.47 Å². The third kappa shape index (κ3) is 6.10. The molecule has 20 heavy (non-hydrogen) atoms. The van der Waals surface area contributed by atoms with Crippen molar-refractivity contribution in [2.24, 2.45) is 0 Å². The average molecular weight is 282 g/mol. The van der Waals surface area contributed by atoms with Crippen LogP contribution in [0.2, 0.25) is 0 Å². The van der Waals surface area contributed by atoms with Gasteiger partial charge in [-0.25, -0.2) is 0 Å². The van der Waals surface area contributed by atoms with Crippen molar-refractivity contribution in [2.75, 3.05) is 47.1 Å². The van der Waals surface area contributed by atoms with Crippen LogP contribution in [0.3, 0.4) is 0 Å². The summed E-state index contributed by atoms with van der Waals surface area (Å²) in [6.45, 7) is 3.65. The van der Waals surface area contributed by atoms with Crippen molar-refractivity contribution in [3.05, 3.63) is 45.7 Å².